The van der Waals surface area contributed by atoms with Crippen molar-refractivity contribution in [3.8, 4) is 11.1 Å². The summed E-state index contributed by atoms with van der Waals surface area (Å²) in [7, 11) is -1.63. The van der Waals surface area contributed by atoms with E-state index >= 15 is 0 Å². The van der Waals surface area contributed by atoms with E-state index in [0.29, 0.717) is 37.8 Å². The van der Waals surface area contributed by atoms with Crippen LogP contribution >= 0.6 is 0 Å². The van der Waals surface area contributed by atoms with Crippen molar-refractivity contribution in [3.63, 3.8) is 0 Å². The van der Waals surface area contributed by atoms with Crippen LogP contribution in [0.5, 0.6) is 0 Å². The highest BCUT2D eigenvalue weighted by Crippen LogP contribution is 2.22. The molecule has 0 unspecified atom stereocenters. The number of carbonyl (C=O) groups excluding carboxylic acids is 4. The van der Waals surface area contributed by atoms with Gasteiger partial charge in [0.15, 0.2) is 11.6 Å². The molecule has 0 aliphatic rings. The molecule has 0 fully saturated rings. The van der Waals surface area contributed by atoms with Gasteiger partial charge in [0.05, 0.1) is 12.1 Å². The molecule has 9 nitrogen and oxygen atoms in total. The number of unbranched alkanes of at least 4 members (excludes halogenated alkanes) is 2. The van der Waals surface area contributed by atoms with Crippen LogP contribution in [0.1, 0.15) is 102 Å². The standard InChI is InChI=1S/C36H54BN3O6/c1-6-7-10-27-12-14-28(15-13-27)29-16-18-30(19-17-29)36(44)39-31(11-8-9-20-38)33(41)22-25(4)35(43)40-32(21-24(2)3)34(42)23-26(5)37(45)46/h12-19,24-26,31-32,45-46H,6-11,20-23,38H2,1-5H3,(H,39,44)(H,40,43)/t25-,26-,31+,32+/m1/s1. The zero-order valence-electron chi connectivity index (χ0n) is 28.3. The van der Waals surface area contributed by atoms with Gasteiger partial charge in [-0.25, -0.2) is 0 Å². The Kier molecular flexibility index (Phi) is 16.9. The van der Waals surface area contributed by atoms with Gasteiger partial charge in [-0.15, -0.1) is 0 Å². The first-order valence-electron chi connectivity index (χ1n) is 16.8. The van der Waals surface area contributed by atoms with Crippen LogP contribution in [0.2, 0.25) is 5.82 Å². The number of amides is 2. The van der Waals surface area contributed by atoms with Gasteiger partial charge in [0, 0.05) is 24.3 Å². The van der Waals surface area contributed by atoms with E-state index in [1.165, 1.54) is 5.56 Å². The molecule has 0 aliphatic heterocycles. The Labute approximate surface area is 275 Å². The molecule has 2 aromatic carbocycles. The normalized spacial score (nSPS) is 13.8. The summed E-state index contributed by atoms with van der Waals surface area (Å²) in [6.45, 7) is 9.67. The van der Waals surface area contributed by atoms with Gasteiger partial charge in [-0.1, -0.05) is 77.4 Å². The molecule has 0 saturated carbocycles. The van der Waals surface area contributed by atoms with E-state index in [4.69, 9.17) is 5.73 Å². The Bertz CT molecular complexity index is 1250. The molecule has 2 rings (SSSR count). The molecule has 0 saturated heterocycles. The maximum atomic E-state index is 13.4. The molecular weight excluding hydrogens is 581 g/mol. The van der Waals surface area contributed by atoms with E-state index < -0.39 is 36.8 Å². The predicted molar refractivity (Wildman–Crippen MR) is 184 cm³/mol. The predicted octanol–water partition coefficient (Wildman–Crippen LogP) is 4.87. The van der Waals surface area contributed by atoms with Crippen LogP contribution in [0.3, 0.4) is 0 Å². The molecule has 2 amide bonds. The summed E-state index contributed by atoms with van der Waals surface area (Å²) < 4.78 is 0. The molecule has 46 heavy (non-hydrogen) atoms. The first-order chi connectivity index (χ1) is 21.9. The van der Waals surface area contributed by atoms with E-state index in [1.807, 2.05) is 26.0 Å². The van der Waals surface area contributed by atoms with E-state index in [0.717, 1.165) is 30.4 Å². The molecule has 4 atom stereocenters. The molecule has 0 radical (unpaired) electrons. The monoisotopic (exact) mass is 635 g/mol. The van der Waals surface area contributed by atoms with Crippen molar-refractivity contribution >= 4 is 30.5 Å². The maximum Gasteiger partial charge on any atom is 0.454 e. The lowest BCUT2D eigenvalue weighted by Gasteiger charge is -2.24. The average molecular weight is 636 g/mol. The highest BCUT2D eigenvalue weighted by Gasteiger charge is 2.30. The lowest BCUT2D eigenvalue weighted by atomic mass is 9.71. The number of aryl methyl sites for hydroxylation is 1. The molecule has 0 spiro atoms. The fraction of sp³-hybridized carbons (Fsp3) is 0.556. The number of hydrogen-bond acceptors (Lipinski definition) is 7. The van der Waals surface area contributed by atoms with Crippen LogP contribution in [-0.4, -0.2) is 59.2 Å². The highest BCUT2D eigenvalue weighted by atomic mass is 16.4. The number of Topliss-reactive ketones (excluding diaryl/α,β-unsaturated/α-hetero) is 2. The molecular formula is C36H54BN3O6. The number of carbonyl (C=O) groups is 4. The van der Waals surface area contributed by atoms with Crippen molar-refractivity contribution in [2.75, 3.05) is 6.54 Å². The molecule has 2 aromatic rings. The minimum atomic E-state index is -1.63. The number of nitrogens with one attached hydrogen (secondary N) is 2. The van der Waals surface area contributed by atoms with E-state index in [1.54, 1.807) is 26.0 Å². The summed E-state index contributed by atoms with van der Waals surface area (Å²) in [6, 6.07) is 14.1. The Morgan fingerprint density at radius 1 is 0.783 bits per heavy atom. The van der Waals surface area contributed by atoms with Gasteiger partial charge in [-0.2, -0.15) is 0 Å². The number of hydrogen-bond donors (Lipinski definition) is 5. The van der Waals surface area contributed by atoms with Crippen LogP contribution in [0, 0.1) is 11.8 Å². The molecule has 0 aliphatic carbocycles. The second-order valence-corrected chi connectivity index (χ2v) is 13.0. The molecule has 10 heteroatoms. The second-order valence-electron chi connectivity index (χ2n) is 13.0. The largest absolute Gasteiger partial charge is 0.454 e. The smallest absolute Gasteiger partial charge is 0.427 e. The molecule has 6 N–H and O–H groups in total. The van der Waals surface area contributed by atoms with Crippen molar-refractivity contribution in [3.05, 3.63) is 59.7 Å². The first kappa shape index (κ1) is 38.8. The SMILES string of the molecule is CCCCc1ccc(-c2ccc(C(=O)N[C@@H](CCCCN)C(=O)C[C@@H](C)C(=O)N[C@@H](CC(C)C)C(=O)C[C@@H](C)B(O)O)cc2)cc1. The molecule has 0 bridgehead atoms. The molecule has 252 valence electrons. The Balaban J connectivity index is 2.07. The summed E-state index contributed by atoms with van der Waals surface area (Å²) in [6.07, 6.45) is 5.28. The number of ketones is 2. The summed E-state index contributed by atoms with van der Waals surface area (Å²) in [5.41, 5.74) is 9.45. The second kappa shape index (κ2) is 20.0. The van der Waals surface area contributed by atoms with Crippen LogP contribution in [0.4, 0.5) is 0 Å². The van der Waals surface area contributed by atoms with Crippen LogP contribution in [0.25, 0.3) is 11.1 Å². The fourth-order valence-corrected chi connectivity index (χ4v) is 5.26. The summed E-state index contributed by atoms with van der Waals surface area (Å²) in [5, 5.41) is 24.5. The molecule has 0 heterocycles. The Morgan fingerprint density at radius 2 is 1.37 bits per heavy atom. The minimum Gasteiger partial charge on any atom is -0.427 e. The van der Waals surface area contributed by atoms with Gasteiger partial charge < -0.3 is 26.4 Å². The Morgan fingerprint density at radius 3 is 1.91 bits per heavy atom. The van der Waals surface area contributed by atoms with Gasteiger partial charge in [0.1, 0.15) is 0 Å². The zero-order chi connectivity index (χ0) is 34.2. The summed E-state index contributed by atoms with van der Waals surface area (Å²) >= 11 is 0. The average Bonchev–Trinajstić information content (AvgIpc) is 3.02. The van der Waals surface area contributed by atoms with Gasteiger partial charge in [-0.05, 0) is 85.6 Å². The van der Waals surface area contributed by atoms with Gasteiger partial charge in [-0.3, -0.25) is 19.2 Å². The third-order valence-electron chi connectivity index (χ3n) is 8.29. The van der Waals surface area contributed by atoms with Crippen molar-refractivity contribution < 1.29 is 29.2 Å². The quantitative estimate of drug-likeness (QED) is 0.0967. The topological polar surface area (TPSA) is 159 Å². The first-order valence-corrected chi connectivity index (χ1v) is 16.8. The lowest BCUT2D eigenvalue weighted by molar-refractivity contribution is -0.132. The number of rotatable bonds is 21. The third-order valence-corrected chi connectivity index (χ3v) is 8.29. The van der Waals surface area contributed by atoms with Gasteiger partial charge >= 0.3 is 7.12 Å². The van der Waals surface area contributed by atoms with Gasteiger partial charge in [0.2, 0.25) is 5.91 Å². The minimum absolute atomic E-state index is 0.0931. The van der Waals surface area contributed by atoms with E-state index in [-0.39, 0.29) is 36.2 Å². The number of nitrogens with two attached hydrogens (primary N) is 1. The van der Waals surface area contributed by atoms with Crippen LogP contribution in [0.15, 0.2) is 48.5 Å². The van der Waals surface area contributed by atoms with Gasteiger partial charge in [0.25, 0.3) is 5.91 Å². The highest BCUT2D eigenvalue weighted by molar-refractivity contribution is 6.43. The fourth-order valence-electron chi connectivity index (χ4n) is 5.26. The summed E-state index contributed by atoms with van der Waals surface area (Å²) in [4.78, 5) is 52.6. The van der Waals surface area contributed by atoms with Crippen molar-refractivity contribution in [2.45, 2.75) is 110 Å². The summed E-state index contributed by atoms with van der Waals surface area (Å²) in [5.74, 6) is -2.67. The lowest BCUT2D eigenvalue weighted by Crippen LogP contribution is -2.46. The number of benzene rings is 2. The van der Waals surface area contributed by atoms with Crippen LogP contribution < -0.4 is 16.4 Å². The third kappa shape index (κ3) is 13.2. The van der Waals surface area contributed by atoms with Crippen LogP contribution in [-0.2, 0) is 20.8 Å². The van der Waals surface area contributed by atoms with E-state index in [9.17, 15) is 29.2 Å². The van der Waals surface area contributed by atoms with Crippen molar-refractivity contribution in [1.82, 2.24) is 10.6 Å². The van der Waals surface area contributed by atoms with E-state index in [2.05, 4.69) is 41.8 Å². The molecule has 0 aromatic heterocycles. The Hall–Kier alpha value is -3.34. The zero-order valence-corrected chi connectivity index (χ0v) is 28.3. The van der Waals surface area contributed by atoms with Crippen molar-refractivity contribution in [2.24, 2.45) is 17.6 Å². The van der Waals surface area contributed by atoms with Crippen molar-refractivity contribution in [1.29, 1.82) is 0 Å². The maximum absolute atomic E-state index is 13.4.